The van der Waals surface area contributed by atoms with Crippen LogP contribution in [0.25, 0.3) is 0 Å². The molecule has 1 heterocycles. The van der Waals surface area contributed by atoms with Crippen LogP contribution in [0.3, 0.4) is 0 Å². The zero-order chi connectivity index (χ0) is 9.68. The summed E-state index contributed by atoms with van der Waals surface area (Å²) in [5, 5.41) is 6.24. The maximum atomic E-state index is 11.7. The number of likely N-dealkylation sites (N-methyl/N-ethyl adjacent to an activating group) is 2. The lowest BCUT2D eigenvalue weighted by Gasteiger charge is -2.20. The first-order chi connectivity index (χ1) is 6.25. The Morgan fingerprint density at radius 3 is 3.00 bits per heavy atom. The van der Waals surface area contributed by atoms with Crippen molar-refractivity contribution in [2.24, 2.45) is 5.92 Å². The summed E-state index contributed by atoms with van der Waals surface area (Å²) >= 11 is 0. The highest BCUT2D eigenvalue weighted by molar-refractivity contribution is 5.79. The molecule has 13 heavy (non-hydrogen) atoms. The van der Waals surface area contributed by atoms with Crippen LogP contribution in [0.4, 0.5) is 0 Å². The lowest BCUT2D eigenvalue weighted by atomic mass is 10.1. The first kappa shape index (κ1) is 10.5. The number of hydrogen-bond donors (Lipinski definition) is 2. The number of nitrogens with zero attached hydrogens (tertiary/aromatic N) is 1. The van der Waals surface area contributed by atoms with Crippen molar-refractivity contribution in [3.63, 3.8) is 0 Å². The quantitative estimate of drug-likeness (QED) is 0.607. The summed E-state index contributed by atoms with van der Waals surface area (Å²) in [6.45, 7) is 3.49. The van der Waals surface area contributed by atoms with Crippen molar-refractivity contribution < 1.29 is 4.79 Å². The maximum absolute atomic E-state index is 11.7. The number of hydrogen-bond acceptors (Lipinski definition) is 3. The molecule has 1 rings (SSSR count). The number of rotatable bonds is 4. The first-order valence-corrected chi connectivity index (χ1v) is 4.86. The van der Waals surface area contributed by atoms with Gasteiger partial charge in [-0.3, -0.25) is 4.79 Å². The lowest BCUT2D eigenvalue weighted by molar-refractivity contribution is -0.133. The minimum Gasteiger partial charge on any atom is -0.344 e. The molecule has 2 N–H and O–H groups in total. The van der Waals surface area contributed by atoms with Crippen LogP contribution in [0.5, 0.6) is 0 Å². The molecule has 4 heteroatoms. The summed E-state index contributed by atoms with van der Waals surface area (Å²) in [4.78, 5) is 13.5. The molecule has 0 saturated carbocycles. The van der Waals surface area contributed by atoms with Gasteiger partial charge in [0.1, 0.15) is 0 Å². The predicted molar refractivity (Wildman–Crippen MR) is 52.5 cm³/mol. The first-order valence-electron chi connectivity index (χ1n) is 4.86. The third-order valence-electron chi connectivity index (χ3n) is 2.48. The fraction of sp³-hybridized carbons (Fsp3) is 0.889. The summed E-state index contributed by atoms with van der Waals surface area (Å²) in [6, 6.07) is 0. The van der Waals surface area contributed by atoms with Crippen LogP contribution in [-0.4, -0.2) is 51.1 Å². The lowest BCUT2D eigenvalue weighted by Crippen LogP contribution is -2.37. The second-order valence-electron chi connectivity index (χ2n) is 3.55. The molecule has 1 fully saturated rings. The molecule has 0 aromatic carbocycles. The minimum absolute atomic E-state index is 0.210. The van der Waals surface area contributed by atoms with Crippen molar-refractivity contribution in [1.29, 1.82) is 0 Å². The Kier molecular flexibility index (Phi) is 4.18. The Labute approximate surface area is 79.7 Å². The molecule has 4 nitrogen and oxygen atoms in total. The van der Waals surface area contributed by atoms with Gasteiger partial charge in [-0.05, 0) is 20.0 Å². The molecule has 0 aromatic heterocycles. The topological polar surface area (TPSA) is 44.4 Å². The van der Waals surface area contributed by atoms with Crippen molar-refractivity contribution in [2.45, 2.75) is 6.42 Å². The standard InChI is InChI=1S/C9H19N3O/c1-10-5-6-12(2)9(13)8-3-4-11-7-8/h8,10-11H,3-7H2,1-2H3. The SMILES string of the molecule is CNCCN(C)C(=O)C1CCNC1. The van der Waals surface area contributed by atoms with Crippen LogP contribution in [0.1, 0.15) is 6.42 Å². The van der Waals surface area contributed by atoms with Gasteiger partial charge in [-0.25, -0.2) is 0 Å². The van der Waals surface area contributed by atoms with Gasteiger partial charge in [-0.2, -0.15) is 0 Å². The summed E-state index contributed by atoms with van der Waals surface area (Å²) in [5.74, 6) is 0.488. The number of amides is 1. The maximum Gasteiger partial charge on any atom is 0.226 e. The Bertz CT molecular complexity index is 166. The van der Waals surface area contributed by atoms with E-state index in [9.17, 15) is 4.79 Å². The van der Waals surface area contributed by atoms with Gasteiger partial charge in [0.05, 0.1) is 5.92 Å². The van der Waals surface area contributed by atoms with Gasteiger partial charge >= 0.3 is 0 Å². The molecule has 0 aromatic rings. The van der Waals surface area contributed by atoms with E-state index in [0.29, 0.717) is 0 Å². The van der Waals surface area contributed by atoms with Gasteiger partial charge in [0, 0.05) is 26.7 Å². The zero-order valence-corrected chi connectivity index (χ0v) is 8.47. The van der Waals surface area contributed by atoms with E-state index in [0.717, 1.165) is 32.6 Å². The molecule has 1 atom stereocenters. The monoisotopic (exact) mass is 185 g/mol. The van der Waals surface area contributed by atoms with Crippen LogP contribution < -0.4 is 10.6 Å². The zero-order valence-electron chi connectivity index (χ0n) is 8.47. The molecule has 1 saturated heterocycles. The van der Waals surface area contributed by atoms with Gasteiger partial charge in [0.15, 0.2) is 0 Å². The van der Waals surface area contributed by atoms with Crippen molar-refractivity contribution in [1.82, 2.24) is 15.5 Å². The second kappa shape index (κ2) is 5.19. The van der Waals surface area contributed by atoms with E-state index in [1.807, 2.05) is 19.0 Å². The summed E-state index contributed by atoms with van der Waals surface area (Å²) in [6.07, 6.45) is 0.989. The molecule has 0 bridgehead atoms. The highest BCUT2D eigenvalue weighted by Crippen LogP contribution is 2.10. The third kappa shape index (κ3) is 2.97. The number of nitrogens with one attached hydrogen (secondary N) is 2. The molecule has 0 aliphatic carbocycles. The van der Waals surface area contributed by atoms with Crippen LogP contribution in [0, 0.1) is 5.92 Å². The predicted octanol–water partition coefficient (Wildman–Crippen LogP) is -0.726. The molecule has 0 spiro atoms. The van der Waals surface area contributed by atoms with E-state index in [4.69, 9.17) is 0 Å². The smallest absolute Gasteiger partial charge is 0.226 e. The third-order valence-corrected chi connectivity index (χ3v) is 2.48. The fourth-order valence-corrected chi connectivity index (χ4v) is 1.57. The van der Waals surface area contributed by atoms with E-state index < -0.39 is 0 Å². The molecule has 1 aliphatic heterocycles. The van der Waals surface area contributed by atoms with Crippen molar-refractivity contribution in [3.8, 4) is 0 Å². The Morgan fingerprint density at radius 1 is 1.69 bits per heavy atom. The van der Waals surface area contributed by atoms with Crippen LogP contribution in [-0.2, 0) is 4.79 Å². The van der Waals surface area contributed by atoms with E-state index in [1.165, 1.54) is 0 Å². The van der Waals surface area contributed by atoms with Gasteiger partial charge in [0.25, 0.3) is 0 Å². The van der Waals surface area contributed by atoms with Crippen molar-refractivity contribution in [3.05, 3.63) is 0 Å². The minimum atomic E-state index is 0.210. The molecule has 1 unspecified atom stereocenters. The van der Waals surface area contributed by atoms with Crippen molar-refractivity contribution in [2.75, 3.05) is 40.3 Å². The van der Waals surface area contributed by atoms with Gasteiger partial charge in [-0.1, -0.05) is 0 Å². The van der Waals surface area contributed by atoms with Crippen LogP contribution in [0.15, 0.2) is 0 Å². The van der Waals surface area contributed by atoms with Crippen LogP contribution >= 0.6 is 0 Å². The average molecular weight is 185 g/mol. The van der Waals surface area contributed by atoms with Gasteiger partial charge in [0.2, 0.25) is 5.91 Å². The molecular formula is C9H19N3O. The fourth-order valence-electron chi connectivity index (χ4n) is 1.57. The highest BCUT2D eigenvalue weighted by atomic mass is 16.2. The largest absolute Gasteiger partial charge is 0.344 e. The summed E-state index contributed by atoms with van der Waals surface area (Å²) in [7, 11) is 3.77. The van der Waals surface area contributed by atoms with E-state index in [2.05, 4.69) is 10.6 Å². The summed E-state index contributed by atoms with van der Waals surface area (Å²) < 4.78 is 0. The summed E-state index contributed by atoms with van der Waals surface area (Å²) in [5.41, 5.74) is 0. The number of carbonyl (C=O) groups is 1. The normalized spacial score (nSPS) is 21.8. The Hall–Kier alpha value is -0.610. The van der Waals surface area contributed by atoms with E-state index >= 15 is 0 Å². The molecule has 1 amide bonds. The average Bonchev–Trinajstić information content (AvgIpc) is 2.65. The highest BCUT2D eigenvalue weighted by Gasteiger charge is 2.24. The van der Waals surface area contributed by atoms with Gasteiger partial charge < -0.3 is 15.5 Å². The molecule has 0 radical (unpaired) electrons. The molecule has 1 aliphatic rings. The molecule has 76 valence electrons. The molecular weight excluding hydrogens is 166 g/mol. The Morgan fingerprint density at radius 2 is 2.46 bits per heavy atom. The van der Waals surface area contributed by atoms with E-state index in [-0.39, 0.29) is 11.8 Å². The van der Waals surface area contributed by atoms with Crippen molar-refractivity contribution >= 4 is 5.91 Å². The van der Waals surface area contributed by atoms with E-state index in [1.54, 1.807) is 0 Å². The number of carbonyl (C=O) groups excluding carboxylic acids is 1. The second-order valence-corrected chi connectivity index (χ2v) is 3.55. The van der Waals surface area contributed by atoms with Gasteiger partial charge in [-0.15, -0.1) is 0 Å². The Balaban J connectivity index is 2.28. The van der Waals surface area contributed by atoms with Crippen LogP contribution in [0.2, 0.25) is 0 Å².